The number of esters is 1. The number of para-hydroxylation sites is 1. The molecule has 0 atom stereocenters. The number of aromatic nitrogens is 1. The molecule has 2 heterocycles. The van der Waals surface area contributed by atoms with Crippen LogP contribution in [0.3, 0.4) is 0 Å². The molecule has 7 nitrogen and oxygen atoms in total. The summed E-state index contributed by atoms with van der Waals surface area (Å²) in [6.07, 6.45) is 1.27. The van der Waals surface area contributed by atoms with Crippen molar-refractivity contribution in [3.05, 3.63) is 51.3 Å². The summed E-state index contributed by atoms with van der Waals surface area (Å²) < 4.78 is 10.0. The molecule has 0 amide bonds. The van der Waals surface area contributed by atoms with E-state index in [0.29, 0.717) is 28.4 Å². The maximum atomic E-state index is 12.0. The lowest BCUT2D eigenvalue weighted by Crippen LogP contribution is -2.07. The maximum Gasteiger partial charge on any atom is 0.348 e. The monoisotopic (exact) mass is 394 g/mol. The average Bonchev–Trinajstić information content (AvgIpc) is 3.02. The van der Waals surface area contributed by atoms with Gasteiger partial charge in [-0.15, -0.1) is 23.7 Å². The smallest absolute Gasteiger partial charge is 0.348 e. The molecule has 0 spiro atoms. The van der Waals surface area contributed by atoms with E-state index in [0.717, 1.165) is 0 Å². The average molecular weight is 395 g/mol. The normalized spacial score (nSPS) is 10.8. The zero-order chi connectivity index (χ0) is 17.8. The molecule has 3 aromatic rings. The van der Waals surface area contributed by atoms with Crippen molar-refractivity contribution >= 4 is 52.0 Å². The molecule has 0 saturated heterocycles. The van der Waals surface area contributed by atoms with E-state index in [4.69, 9.17) is 9.15 Å². The van der Waals surface area contributed by atoms with Crippen molar-refractivity contribution in [2.75, 3.05) is 6.61 Å². The standard InChI is InChI=1S/C17H14N2O5S.ClH/c1-2-23-14(20)7-10-9-25-17(19-10)18-8-12-15(21)11-5-3-4-6-13(11)24-16(12)22;/h3-6,8-9,21H,2,7H2,1H3;1H/b18-8+;. The molecule has 1 N–H and O–H groups in total. The lowest BCUT2D eigenvalue weighted by atomic mass is 10.1. The van der Waals surface area contributed by atoms with Gasteiger partial charge in [0.25, 0.3) is 0 Å². The Labute approximate surface area is 158 Å². The summed E-state index contributed by atoms with van der Waals surface area (Å²) in [7, 11) is 0. The third-order valence-electron chi connectivity index (χ3n) is 3.29. The Morgan fingerprint density at radius 1 is 1.42 bits per heavy atom. The number of hydrogen-bond donors (Lipinski definition) is 1. The number of rotatable bonds is 5. The Kier molecular flexibility index (Phi) is 6.48. The van der Waals surface area contributed by atoms with E-state index in [9.17, 15) is 14.7 Å². The first kappa shape index (κ1) is 19.6. The minimum atomic E-state index is -0.691. The second kappa shape index (κ2) is 8.59. The van der Waals surface area contributed by atoms with Crippen molar-refractivity contribution in [2.24, 2.45) is 4.99 Å². The van der Waals surface area contributed by atoms with Crippen LogP contribution >= 0.6 is 23.7 Å². The number of aliphatic imine (C=N–C) groups is 1. The van der Waals surface area contributed by atoms with Crippen LogP contribution < -0.4 is 5.63 Å². The van der Waals surface area contributed by atoms with Gasteiger partial charge in [-0.25, -0.2) is 14.8 Å². The molecule has 0 fully saturated rings. The highest BCUT2D eigenvalue weighted by atomic mass is 35.5. The van der Waals surface area contributed by atoms with Crippen LogP contribution in [0.15, 0.2) is 43.8 Å². The minimum Gasteiger partial charge on any atom is -0.506 e. The lowest BCUT2D eigenvalue weighted by Gasteiger charge is -2.01. The van der Waals surface area contributed by atoms with Gasteiger partial charge in [-0.2, -0.15) is 0 Å². The topological polar surface area (TPSA) is 102 Å². The molecule has 0 aliphatic heterocycles. The number of nitrogens with zero attached hydrogens (tertiary/aromatic N) is 2. The van der Waals surface area contributed by atoms with Gasteiger partial charge in [0.05, 0.1) is 24.1 Å². The molecule has 0 aliphatic carbocycles. The number of fused-ring (bicyclic) bond motifs is 1. The number of ether oxygens (including phenoxy) is 1. The Morgan fingerprint density at radius 2 is 2.19 bits per heavy atom. The fourth-order valence-corrected chi connectivity index (χ4v) is 2.84. The van der Waals surface area contributed by atoms with Crippen LogP contribution in [0.1, 0.15) is 18.2 Å². The summed E-state index contributed by atoms with van der Waals surface area (Å²) in [4.78, 5) is 31.7. The van der Waals surface area contributed by atoms with E-state index in [-0.39, 0.29) is 36.1 Å². The molecular weight excluding hydrogens is 380 g/mol. The predicted octanol–water partition coefficient (Wildman–Crippen LogP) is 3.23. The summed E-state index contributed by atoms with van der Waals surface area (Å²) in [5, 5.41) is 12.7. The fourth-order valence-electron chi connectivity index (χ4n) is 2.18. The molecule has 136 valence electrons. The highest BCUT2D eigenvalue weighted by Gasteiger charge is 2.12. The number of halogens is 1. The number of carbonyl (C=O) groups is 1. The molecule has 0 saturated carbocycles. The summed E-state index contributed by atoms with van der Waals surface area (Å²) in [6, 6.07) is 6.68. The molecule has 0 aliphatic rings. The van der Waals surface area contributed by atoms with E-state index >= 15 is 0 Å². The van der Waals surface area contributed by atoms with Gasteiger partial charge in [0.1, 0.15) is 16.9 Å². The van der Waals surface area contributed by atoms with Crippen LogP contribution in [0.2, 0.25) is 0 Å². The summed E-state index contributed by atoms with van der Waals surface area (Å²) >= 11 is 1.21. The zero-order valence-electron chi connectivity index (χ0n) is 13.7. The largest absolute Gasteiger partial charge is 0.506 e. The quantitative estimate of drug-likeness (QED) is 0.405. The van der Waals surface area contributed by atoms with Crippen LogP contribution in [0.5, 0.6) is 5.75 Å². The molecule has 0 bridgehead atoms. The van der Waals surface area contributed by atoms with E-state index in [1.165, 1.54) is 17.6 Å². The Balaban J connectivity index is 0.00000243. The van der Waals surface area contributed by atoms with Gasteiger partial charge in [0.2, 0.25) is 5.13 Å². The van der Waals surface area contributed by atoms with Crippen LogP contribution in [-0.4, -0.2) is 28.9 Å². The predicted molar refractivity (Wildman–Crippen MR) is 101 cm³/mol. The summed E-state index contributed by atoms with van der Waals surface area (Å²) in [5.41, 5.74) is 0.0857. The van der Waals surface area contributed by atoms with Gasteiger partial charge in [0.15, 0.2) is 0 Å². The van der Waals surface area contributed by atoms with Crippen molar-refractivity contribution in [3.8, 4) is 5.75 Å². The number of thiazole rings is 1. The van der Waals surface area contributed by atoms with Crippen LogP contribution in [0, 0.1) is 0 Å². The molecule has 26 heavy (non-hydrogen) atoms. The van der Waals surface area contributed by atoms with Crippen molar-refractivity contribution < 1.29 is 19.1 Å². The fraction of sp³-hybridized carbons (Fsp3) is 0.176. The van der Waals surface area contributed by atoms with Gasteiger partial charge in [-0.05, 0) is 19.1 Å². The van der Waals surface area contributed by atoms with E-state index in [2.05, 4.69) is 9.98 Å². The first-order valence-corrected chi connectivity index (χ1v) is 8.35. The van der Waals surface area contributed by atoms with Crippen molar-refractivity contribution in [3.63, 3.8) is 0 Å². The molecular formula is C17H15ClN2O5S. The summed E-state index contributed by atoms with van der Waals surface area (Å²) in [6.45, 7) is 2.04. The van der Waals surface area contributed by atoms with Crippen molar-refractivity contribution in [2.45, 2.75) is 13.3 Å². The first-order chi connectivity index (χ1) is 12.1. The molecule has 0 unspecified atom stereocenters. The second-order valence-electron chi connectivity index (χ2n) is 5.01. The van der Waals surface area contributed by atoms with E-state index in [1.54, 1.807) is 36.6 Å². The second-order valence-corrected chi connectivity index (χ2v) is 5.85. The Bertz CT molecular complexity index is 1010. The van der Waals surface area contributed by atoms with Crippen molar-refractivity contribution in [1.82, 2.24) is 4.98 Å². The van der Waals surface area contributed by atoms with Gasteiger partial charge >= 0.3 is 11.6 Å². The number of aromatic hydroxyl groups is 1. The van der Waals surface area contributed by atoms with Crippen molar-refractivity contribution in [1.29, 1.82) is 0 Å². The molecule has 9 heteroatoms. The number of carbonyl (C=O) groups excluding carboxylic acids is 1. The molecule has 0 radical (unpaired) electrons. The molecule has 3 rings (SSSR count). The molecule has 2 aromatic heterocycles. The number of benzene rings is 1. The van der Waals surface area contributed by atoms with Crippen LogP contribution in [0.25, 0.3) is 11.0 Å². The highest BCUT2D eigenvalue weighted by molar-refractivity contribution is 7.13. The van der Waals surface area contributed by atoms with E-state index in [1.807, 2.05) is 0 Å². The van der Waals surface area contributed by atoms with Gasteiger partial charge in [-0.3, -0.25) is 4.79 Å². The Morgan fingerprint density at radius 3 is 2.96 bits per heavy atom. The third kappa shape index (κ3) is 4.27. The molecule has 1 aromatic carbocycles. The summed E-state index contributed by atoms with van der Waals surface area (Å²) in [5.74, 6) is -0.560. The van der Waals surface area contributed by atoms with Gasteiger partial charge in [0, 0.05) is 11.6 Å². The minimum absolute atomic E-state index is 0. The van der Waals surface area contributed by atoms with Crippen LogP contribution in [-0.2, 0) is 16.0 Å². The van der Waals surface area contributed by atoms with Crippen LogP contribution in [0.4, 0.5) is 5.13 Å². The first-order valence-electron chi connectivity index (χ1n) is 7.47. The van der Waals surface area contributed by atoms with E-state index < -0.39 is 5.63 Å². The number of hydrogen-bond acceptors (Lipinski definition) is 8. The third-order valence-corrected chi connectivity index (χ3v) is 4.09. The maximum absolute atomic E-state index is 12.0. The SMILES string of the molecule is CCOC(=O)Cc1csc(/N=C/c2c(O)c3ccccc3oc2=O)n1.Cl. The Hall–Kier alpha value is -2.71. The lowest BCUT2D eigenvalue weighted by molar-refractivity contribution is -0.142. The highest BCUT2D eigenvalue weighted by Crippen LogP contribution is 2.26. The van der Waals surface area contributed by atoms with Gasteiger partial charge in [-0.1, -0.05) is 12.1 Å². The van der Waals surface area contributed by atoms with Gasteiger partial charge < -0.3 is 14.3 Å². The zero-order valence-corrected chi connectivity index (χ0v) is 15.3.